The third kappa shape index (κ3) is 3.72. The minimum absolute atomic E-state index is 0.239. The zero-order chi connectivity index (χ0) is 15.2. The maximum atomic E-state index is 5.13. The Morgan fingerprint density at radius 3 is 2.14 bits per heavy atom. The van der Waals surface area contributed by atoms with Crippen LogP contribution in [0, 0.1) is 13.8 Å². The number of methoxy groups -OCH3 is 1. The van der Waals surface area contributed by atoms with Crippen LogP contribution in [0.15, 0.2) is 42.5 Å². The van der Waals surface area contributed by atoms with Gasteiger partial charge in [-0.1, -0.05) is 42.5 Å². The maximum Gasteiger partial charge on any atom is 0.0579 e. The predicted molar refractivity (Wildman–Crippen MR) is 88.8 cm³/mol. The molecule has 0 saturated carbocycles. The molecule has 0 saturated heterocycles. The first-order valence-electron chi connectivity index (χ1n) is 7.48. The molecule has 0 bridgehead atoms. The highest BCUT2D eigenvalue weighted by Crippen LogP contribution is 2.27. The molecule has 2 rings (SSSR count). The second kappa shape index (κ2) is 7.39. The second-order valence-electron chi connectivity index (χ2n) is 5.51. The van der Waals surface area contributed by atoms with Crippen molar-refractivity contribution in [1.29, 1.82) is 0 Å². The van der Waals surface area contributed by atoms with Crippen LogP contribution in [-0.4, -0.2) is 20.8 Å². The molecular formula is C19H25NO. The van der Waals surface area contributed by atoms with Crippen LogP contribution >= 0.6 is 0 Å². The Labute approximate surface area is 128 Å². The number of ether oxygens (including phenoxy) is 1. The summed E-state index contributed by atoms with van der Waals surface area (Å²) in [4.78, 5) is 0. The summed E-state index contributed by atoms with van der Waals surface area (Å²) in [7, 11) is 3.77. The van der Waals surface area contributed by atoms with Gasteiger partial charge in [-0.2, -0.15) is 0 Å². The van der Waals surface area contributed by atoms with Crippen molar-refractivity contribution >= 4 is 0 Å². The van der Waals surface area contributed by atoms with Crippen molar-refractivity contribution in [3.8, 4) is 0 Å². The molecule has 2 nitrogen and oxygen atoms in total. The van der Waals surface area contributed by atoms with Crippen LogP contribution in [0.25, 0.3) is 0 Å². The Kier molecular flexibility index (Phi) is 5.54. The quantitative estimate of drug-likeness (QED) is 0.870. The van der Waals surface area contributed by atoms with E-state index in [1.165, 1.54) is 27.8 Å². The molecule has 0 aliphatic heterocycles. The van der Waals surface area contributed by atoms with Crippen LogP contribution in [0.5, 0.6) is 0 Å². The summed E-state index contributed by atoms with van der Waals surface area (Å²) >= 11 is 0. The number of hydrogen-bond acceptors (Lipinski definition) is 2. The van der Waals surface area contributed by atoms with Crippen molar-refractivity contribution in [3.05, 3.63) is 70.3 Å². The summed E-state index contributed by atoms with van der Waals surface area (Å²) < 4.78 is 5.13. The molecule has 2 aromatic rings. The summed E-state index contributed by atoms with van der Waals surface area (Å²) in [6.45, 7) is 5.13. The highest BCUT2D eigenvalue weighted by Gasteiger charge is 2.16. The van der Waals surface area contributed by atoms with E-state index in [2.05, 4.69) is 61.6 Å². The average Bonchev–Trinajstić information content (AvgIpc) is 2.50. The summed E-state index contributed by atoms with van der Waals surface area (Å²) in [5.74, 6) is 0. The third-order valence-corrected chi connectivity index (χ3v) is 4.03. The third-order valence-electron chi connectivity index (χ3n) is 4.03. The number of aryl methyl sites for hydroxylation is 2. The van der Waals surface area contributed by atoms with Gasteiger partial charge >= 0.3 is 0 Å². The fourth-order valence-electron chi connectivity index (χ4n) is 2.86. The molecule has 0 spiro atoms. The van der Waals surface area contributed by atoms with E-state index in [1.807, 2.05) is 7.05 Å². The zero-order valence-electron chi connectivity index (χ0n) is 13.4. The molecule has 0 aliphatic carbocycles. The molecule has 0 aromatic heterocycles. The van der Waals surface area contributed by atoms with Crippen molar-refractivity contribution < 1.29 is 4.74 Å². The van der Waals surface area contributed by atoms with Gasteiger partial charge in [0.2, 0.25) is 0 Å². The van der Waals surface area contributed by atoms with Crippen molar-refractivity contribution in [2.75, 3.05) is 20.8 Å². The second-order valence-corrected chi connectivity index (χ2v) is 5.51. The number of rotatable bonds is 6. The van der Waals surface area contributed by atoms with E-state index in [4.69, 9.17) is 4.74 Å². The van der Waals surface area contributed by atoms with Crippen LogP contribution in [0.3, 0.4) is 0 Å². The Bertz CT molecular complexity index is 554. The van der Waals surface area contributed by atoms with Crippen LogP contribution in [0.2, 0.25) is 0 Å². The van der Waals surface area contributed by atoms with Crippen molar-refractivity contribution in [2.24, 2.45) is 0 Å². The Balaban J connectivity index is 2.29. The molecule has 0 heterocycles. The Hall–Kier alpha value is -1.64. The molecule has 1 atom stereocenters. The molecule has 2 heteroatoms. The lowest BCUT2D eigenvalue weighted by atomic mass is 9.91. The topological polar surface area (TPSA) is 21.3 Å². The van der Waals surface area contributed by atoms with E-state index in [0.29, 0.717) is 0 Å². The van der Waals surface area contributed by atoms with Crippen LogP contribution in [-0.2, 0) is 11.2 Å². The zero-order valence-corrected chi connectivity index (χ0v) is 13.4. The monoisotopic (exact) mass is 283 g/mol. The number of benzene rings is 2. The van der Waals surface area contributed by atoms with E-state index >= 15 is 0 Å². The summed E-state index contributed by atoms with van der Waals surface area (Å²) in [5.41, 5.74) is 6.66. The van der Waals surface area contributed by atoms with Gasteiger partial charge in [0.1, 0.15) is 0 Å². The molecular weight excluding hydrogens is 258 g/mol. The van der Waals surface area contributed by atoms with Crippen molar-refractivity contribution in [3.63, 3.8) is 0 Å². The van der Waals surface area contributed by atoms with Gasteiger partial charge in [0, 0.05) is 7.11 Å². The standard InChI is InChI=1S/C19H25NO/c1-14-6-5-7-15(2)18(14)19(20-3)17-10-8-16(9-11-17)12-13-21-4/h5-11,19-20H,12-13H2,1-4H3. The molecule has 1 unspecified atom stereocenters. The summed E-state index contributed by atoms with van der Waals surface area (Å²) in [5, 5.41) is 3.45. The van der Waals surface area contributed by atoms with Gasteiger partial charge in [-0.25, -0.2) is 0 Å². The van der Waals surface area contributed by atoms with Gasteiger partial charge in [0.05, 0.1) is 12.6 Å². The molecule has 1 N–H and O–H groups in total. The van der Waals surface area contributed by atoms with E-state index in [1.54, 1.807) is 7.11 Å². The van der Waals surface area contributed by atoms with Gasteiger partial charge in [0.25, 0.3) is 0 Å². The Morgan fingerprint density at radius 2 is 1.62 bits per heavy atom. The van der Waals surface area contributed by atoms with Crippen LogP contribution in [0.4, 0.5) is 0 Å². The van der Waals surface area contributed by atoms with Gasteiger partial charge < -0.3 is 10.1 Å². The minimum atomic E-state index is 0.239. The van der Waals surface area contributed by atoms with E-state index in [9.17, 15) is 0 Å². The number of nitrogens with one attached hydrogen (secondary N) is 1. The number of hydrogen-bond donors (Lipinski definition) is 1. The van der Waals surface area contributed by atoms with Crippen LogP contribution in [0.1, 0.15) is 33.9 Å². The van der Waals surface area contributed by atoms with Crippen molar-refractivity contribution in [1.82, 2.24) is 5.32 Å². The highest BCUT2D eigenvalue weighted by atomic mass is 16.5. The van der Waals surface area contributed by atoms with Crippen molar-refractivity contribution in [2.45, 2.75) is 26.3 Å². The van der Waals surface area contributed by atoms with Gasteiger partial charge in [0.15, 0.2) is 0 Å². The van der Waals surface area contributed by atoms with E-state index in [0.717, 1.165) is 13.0 Å². The predicted octanol–water partition coefficient (Wildman–Crippen LogP) is 3.80. The average molecular weight is 283 g/mol. The minimum Gasteiger partial charge on any atom is -0.384 e. The largest absolute Gasteiger partial charge is 0.384 e. The van der Waals surface area contributed by atoms with Crippen LogP contribution < -0.4 is 5.32 Å². The lowest BCUT2D eigenvalue weighted by Gasteiger charge is -2.22. The first kappa shape index (κ1) is 15.7. The fraction of sp³-hybridized carbons (Fsp3) is 0.368. The molecule has 112 valence electrons. The molecule has 0 fully saturated rings. The van der Waals surface area contributed by atoms with Gasteiger partial charge in [-0.05, 0) is 55.1 Å². The van der Waals surface area contributed by atoms with E-state index < -0.39 is 0 Å². The first-order valence-corrected chi connectivity index (χ1v) is 7.48. The molecule has 0 radical (unpaired) electrons. The van der Waals surface area contributed by atoms with E-state index in [-0.39, 0.29) is 6.04 Å². The summed E-state index contributed by atoms with van der Waals surface area (Å²) in [6.07, 6.45) is 0.963. The smallest absolute Gasteiger partial charge is 0.0579 e. The molecule has 2 aromatic carbocycles. The Morgan fingerprint density at radius 1 is 1.00 bits per heavy atom. The lowest BCUT2D eigenvalue weighted by molar-refractivity contribution is 0.202. The maximum absolute atomic E-state index is 5.13. The lowest BCUT2D eigenvalue weighted by Crippen LogP contribution is -2.19. The molecule has 0 aliphatic rings. The molecule has 0 amide bonds. The summed E-state index contributed by atoms with van der Waals surface area (Å²) in [6, 6.07) is 15.6. The first-order chi connectivity index (χ1) is 10.2. The van der Waals surface area contributed by atoms with Gasteiger partial charge in [-0.3, -0.25) is 0 Å². The SMILES string of the molecule is CNC(c1ccc(CCOC)cc1)c1c(C)cccc1C. The highest BCUT2D eigenvalue weighted by molar-refractivity contribution is 5.42. The van der Waals surface area contributed by atoms with Gasteiger partial charge in [-0.15, -0.1) is 0 Å². The normalized spacial score (nSPS) is 12.4. The fourth-order valence-corrected chi connectivity index (χ4v) is 2.86. The molecule has 21 heavy (non-hydrogen) atoms.